The summed E-state index contributed by atoms with van der Waals surface area (Å²) in [5, 5.41) is 6.92. The summed E-state index contributed by atoms with van der Waals surface area (Å²) < 4.78 is 6.39. The molecule has 0 unspecified atom stereocenters. The highest BCUT2D eigenvalue weighted by molar-refractivity contribution is 7.20. The van der Waals surface area contributed by atoms with Crippen LogP contribution in [-0.4, -0.2) is 49.2 Å². The van der Waals surface area contributed by atoms with Gasteiger partial charge in [0.15, 0.2) is 0 Å². The lowest BCUT2D eigenvalue weighted by molar-refractivity contribution is 0.0523. The minimum atomic E-state index is -0.494. The number of hydrogen-bond donors (Lipinski definition) is 2. The molecular weight excluding hydrogens is 446 g/mol. The Morgan fingerprint density at radius 3 is 2.38 bits per heavy atom. The van der Waals surface area contributed by atoms with Crippen molar-refractivity contribution in [2.75, 3.05) is 26.7 Å². The van der Waals surface area contributed by atoms with Gasteiger partial charge >= 0.3 is 6.09 Å². The molecule has 0 spiro atoms. The van der Waals surface area contributed by atoms with E-state index in [4.69, 9.17) is 4.74 Å². The molecule has 3 rings (SSSR count). The topological polar surface area (TPSA) is 70.7 Å². The minimum absolute atomic E-state index is 0.00384. The van der Waals surface area contributed by atoms with Crippen molar-refractivity contribution in [3.05, 3.63) is 70.6 Å². The van der Waals surface area contributed by atoms with E-state index in [1.807, 2.05) is 63.2 Å². The molecular formula is C27H35N3O3S. The van der Waals surface area contributed by atoms with Crippen molar-refractivity contribution in [2.45, 2.75) is 45.8 Å². The normalized spacial score (nSPS) is 11.6. The molecule has 182 valence electrons. The van der Waals surface area contributed by atoms with Gasteiger partial charge in [-0.3, -0.25) is 4.79 Å². The number of nitrogens with zero attached hydrogens (tertiary/aromatic N) is 1. The smallest absolute Gasteiger partial charge is 0.407 e. The lowest BCUT2D eigenvalue weighted by Crippen LogP contribution is -2.33. The Balaban J connectivity index is 1.31. The van der Waals surface area contributed by atoms with Gasteiger partial charge in [-0.2, -0.15) is 0 Å². The van der Waals surface area contributed by atoms with Crippen LogP contribution in [0.4, 0.5) is 4.79 Å². The molecule has 1 aromatic heterocycles. The van der Waals surface area contributed by atoms with Crippen molar-refractivity contribution in [2.24, 2.45) is 0 Å². The monoisotopic (exact) mass is 481 g/mol. The van der Waals surface area contributed by atoms with Gasteiger partial charge in [0.1, 0.15) is 5.60 Å². The van der Waals surface area contributed by atoms with Crippen molar-refractivity contribution in [1.29, 1.82) is 0 Å². The molecule has 0 saturated heterocycles. The fourth-order valence-corrected chi connectivity index (χ4v) is 4.50. The molecule has 1 heterocycles. The molecule has 2 amide bonds. The predicted molar refractivity (Wildman–Crippen MR) is 139 cm³/mol. The number of fused-ring (bicyclic) bond motifs is 1. The third-order valence-electron chi connectivity index (χ3n) is 5.29. The van der Waals surface area contributed by atoms with Crippen LogP contribution in [0.1, 0.15) is 48.0 Å². The summed E-state index contributed by atoms with van der Waals surface area (Å²) in [6.07, 6.45) is 1.62. The van der Waals surface area contributed by atoms with Gasteiger partial charge in [0.2, 0.25) is 0 Å². The van der Waals surface area contributed by atoms with Crippen LogP contribution in [0.5, 0.6) is 0 Å². The highest BCUT2D eigenvalue weighted by Gasteiger charge is 2.15. The van der Waals surface area contributed by atoms with Crippen molar-refractivity contribution in [1.82, 2.24) is 15.5 Å². The van der Waals surface area contributed by atoms with Gasteiger partial charge in [0.25, 0.3) is 5.91 Å². The van der Waals surface area contributed by atoms with Crippen molar-refractivity contribution < 1.29 is 14.3 Å². The van der Waals surface area contributed by atoms with Crippen molar-refractivity contribution in [3.8, 4) is 0 Å². The van der Waals surface area contributed by atoms with Crippen LogP contribution < -0.4 is 10.6 Å². The Hall–Kier alpha value is -2.90. The zero-order valence-electron chi connectivity index (χ0n) is 20.5. The number of amides is 2. The second kappa shape index (κ2) is 12.0. The first-order valence-electron chi connectivity index (χ1n) is 11.7. The zero-order chi connectivity index (χ0) is 24.6. The third kappa shape index (κ3) is 8.47. The highest BCUT2D eigenvalue weighted by atomic mass is 32.1. The Morgan fingerprint density at radius 1 is 0.971 bits per heavy atom. The summed E-state index contributed by atoms with van der Waals surface area (Å²) in [6.45, 7) is 8.39. The van der Waals surface area contributed by atoms with Crippen LogP contribution in [0.3, 0.4) is 0 Å². The number of benzene rings is 2. The molecule has 2 aromatic carbocycles. The van der Waals surface area contributed by atoms with Gasteiger partial charge in [0, 0.05) is 24.3 Å². The van der Waals surface area contributed by atoms with Crippen molar-refractivity contribution >= 4 is 33.4 Å². The molecule has 0 aliphatic heterocycles. The van der Waals surface area contributed by atoms with Crippen LogP contribution in [0.15, 0.2) is 54.6 Å². The number of aryl methyl sites for hydroxylation is 1. The van der Waals surface area contributed by atoms with E-state index in [0.29, 0.717) is 13.1 Å². The summed E-state index contributed by atoms with van der Waals surface area (Å²) in [5.74, 6) is -0.00384. The number of carbonyl (C=O) groups excluding carboxylic acids is 2. The number of carbonyl (C=O) groups is 2. The van der Waals surface area contributed by atoms with Gasteiger partial charge in [-0.15, -0.1) is 11.3 Å². The lowest BCUT2D eigenvalue weighted by atomic mass is 10.1. The molecule has 3 aromatic rings. The van der Waals surface area contributed by atoms with Gasteiger partial charge in [-0.05, 0) is 75.9 Å². The van der Waals surface area contributed by atoms with E-state index < -0.39 is 11.7 Å². The van der Waals surface area contributed by atoms with E-state index in [0.717, 1.165) is 46.5 Å². The molecule has 2 N–H and O–H groups in total. The SMILES string of the molecule is CN(CCCc1ccc(CNC(=O)OC(C)(C)C)cc1)CCNC(=O)c1cc2ccccc2s1. The largest absolute Gasteiger partial charge is 0.444 e. The lowest BCUT2D eigenvalue weighted by Gasteiger charge is -2.19. The van der Waals surface area contributed by atoms with Gasteiger partial charge in [0.05, 0.1) is 4.88 Å². The number of thiophene rings is 1. The van der Waals surface area contributed by atoms with Gasteiger partial charge in [-0.1, -0.05) is 42.5 Å². The Bertz CT molecular complexity index is 1050. The maximum atomic E-state index is 12.4. The Morgan fingerprint density at radius 2 is 1.68 bits per heavy atom. The molecule has 0 aliphatic carbocycles. The molecule has 0 atom stereocenters. The number of ether oxygens (including phenoxy) is 1. The average Bonchev–Trinajstić information content (AvgIpc) is 3.22. The second-order valence-electron chi connectivity index (χ2n) is 9.48. The first-order chi connectivity index (χ1) is 16.2. The fraction of sp³-hybridized carbons (Fsp3) is 0.407. The predicted octanol–water partition coefficient (Wildman–Crippen LogP) is 5.22. The van der Waals surface area contributed by atoms with Gasteiger partial charge < -0.3 is 20.3 Å². The second-order valence-corrected chi connectivity index (χ2v) is 10.6. The van der Waals surface area contributed by atoms with E-state index in [2.05, 4.69) is 34.7 Å². The first-order valence-corrected chi connectivity index (χ1v) is 12.5. The van der Waals surface area contributed by atoms with Crippen LogP contribution >= 0.6 is 11.3 Å². The van der Waals surface area contributed by atoms with Crippen molar-refractivity contribution in [3.63, 3.8) is 0 Å². The van der Waals surface area contributed by atoms with Crippen LogP contribution in [-0.2, 0) is 17.7 Å². The maximum Gasteiger partial charge on any atom is 0.407 e. The summed E-state index contributed by atoms with van der Waals surface area (Å²) in [6, 6.07) is 18.3. The van der Waals surface area contributed by atoms with E-state index in [-0.39, 0.29) is 5.91 Å². The quantitative estimate of drug-likeness (QED) is 0.416. The Labute approximate surface area is 206 Å². The molecule has 0 saturated carbocycles. The molecule has 6 nitrogen and oxygen atoms in total. The number of hydrogen-bond acceptors (Lipinski definition) is 5. The van der Waals surface area contributed by atoms with E-state index >= 15 is 0 Å². The first kappa shape index (κ1) is 25.7. The summed E-state index contributed by atoms with van der Waals surface area (Å²) >= 11 is 1.53. The molecule has 7 heteroatoms. The fourth-order valence-electron chi connectivity index (χ4n) is 3.52. The van der Waals surface area contributed by atoms with Crippen LogP contribution in [0.2, 0.25) is 0 Å². The van der Waals surface area contributed by atoms with E-state index in [1.165, 1.54) is 16.9 Å². The van der Waals surface area contributed by atoms with Gasteiger partial charge in [-0.25, -0.2) is 4.79 Å². The average molecular weight is 482 g/mol. The Kier molecular flexibility index (Phi) is 9.07. The maximum absolute atomic E-state index is 12.4. The standard InChI is InChI=1S/C27H35N3O3S/c1-27(2,3)33-26(32)29-19-21-13-11-20(12-14-21)8-7-16-30(4)17-15-28-25(31)24-18-22-9-5-6-10-23(22)34-24/h5-6,9-14,18H,7-8,15-17,19H2,1-4H3,(H,28,31)(H,29,32). The summed E-state index contributed by atoms with van der Waals surface area (Å²) in [4.78, 5) is 27.2. The molecule has 0 aliphatic rings. The highest BCUT2D eigenvalue weighted by Crippen LogP contribution is 2.25. The minimum Gasteiger partial charge on any atom is -0.444 e. The number of nitrogens with one attached hydrogen (secondary N) is 2. The van der Waals surface area contributed by atoms with Crippen LogP contribution in [0.25, 0.3) is 10.1 Å². The zero-order valence-corrected chi connectivity index (χ0v) is 21.3. The third-order valence-corrected chi connectivity index (χ3v) is 6.41. The molecule has 0 radical (unpaired) electrons. The number of likely N-dealkylation sites (N-methyl/N-ethyl adjacent to an activating group) is 1. The summed E-state index contributed by atoms with van der Waals surface area (Å²) in [7, 11) is 2.08. The van der Waals surface area contributed by atoms with E-state index in [1.54, 1.807) is 0 Å². The molecule has 0 fully saturated rings. The van der Waals surface area contributed by atoms with E-state index in [9.17, 15) is 9.59 Å². The number of rotatable bonds is 10. The summed E-state index contributed by atoms with van der Waals surface area (Å²) in [5.41, 5.74) is 1.82. The number of alkyl carbamates (subject to hydrolysis) is 1. The molecule has 34 heavy (non-hydrogen) atoms. The molecule has 0 bridgehead atoms. The van der Waals surface area contributed by atoms with Crippen LogP contribution in [0, 0.1) is 0 Å².